The van der Waals surface area contributed by atoms with Crippen LogP contribution >= 0.6 is 0 Å². The molecule has 5 fully saturated rings. The Morgan fingerprint density at radius 2 is 1.13 bits per heavy atom. The van der Waals surface area contributed by atoms with E-state index in [0.717, 1.165) is 56.5 Å². The largest absolute Gasteiger partial charge is 0.458 e. The van der Waals surface area contributed by atoms with Crippen LogP contribution in [0.15, 0.2) is 48.0 Å². The number of epoxide rings is 1. The van der Waals surface area contributed by atoms with Crippen molar-refractivity contribution in [2.45, 2.75) is 156 Å². The number of hydrogen-bond donors (Lipinski definition) is 3. The molecule has 109 heavy (non-hydrogen) atoms. The third kappa shape index (κ3) is 32.3. The van der Waals surface area contributed by atoms with Crippen LogP contribution in [-0.4, -0.2) is 257 Å². The topological polar surface area (TPSA) is 415 Å². The predicted molar refractivity (Wildman–Crippen MR) is 393 cm³/mol. The number of aliphatic hydroxyl groups excluding tert-OH is 2. The first-order chi connectivity index (χ1) is 53.1. The summed E-state index contributed by atoms with van der Waals surface area (Å²) in [4.78, 5) is 90.8. The number of azide groups is 1. The third-order valence-electron chi connectivity index (χ3n) is 18.6. The average Bonchev–Trinajstić information content (AvgIpc) is 1.58. The number of terminal acetylenes is 2. The first kappa shape index (κ1) is 89.7. The number of ether oxygens (including phenoxy) is 10. The summed E-state index contributed by atoms with van der Waals surface area (Å²) in [5, 5.41) is 48.0. The number of aromatic nitrogens is 9. The van der Waals surface area contributed by atoms with Gasteiger partial charge in [-0.25, -0.2) is 9.36 Å². The number of unbranched alkanes of at least 4 members (excludes halogenated alkanes) is 2. The molecule has 0 aromatic carbocycles. The van der Waals surface area contributed by atoms with E-state index in [2.05, 4.69) is 89.3 Å². The molecule has 6 heterocycles. The number of carbonyl (C=O) groups excluding carboxylic acids is 7. The Balaban J connectivity index is 0.000000255. The van der Waals surface area contributed by atoms with Crippen molar-refractivity contribution in [2.24, 2.45) is 58.4 Å². The Labute approximate surface area is 638 Å². The zero-order valence-electron chi connectivity index (χ0n) is 63.7. The number of imide groups is 2. The second-order valence-electron chi connectivity index (χ2n) is 26.9. The molecular formula is C75H113N15O19. The fraction of sp³-hybridized carbons (Fsp3) is 0.720. The van der Waals surface area contributed by atoms with Crippen LogP contribution in [0.1, 0.15) is 122 Å². The number of rotatable bonds is 52. The molecule has 34 nitrogen and oxygen atoms in total. The quantitative estimate of drug-likeness (QED) is 0.00818. The summed E-state index contributed by atoms with van der Waals surface area (Å²) in [7, 11) is 0. The van der Waals surface area contributed by atoms with Crippen LogP contribution in [0.4, 0.5) is 0 Å². The number of fused-ring (bicyclic) bond motifs is 10. The second kappa shape index (κ2) is 52.0. The first-order valence-corrected chi connectivity index (χ1v) is 38.2. The van der Waals surface area contributed by atoms with Crippen molar-refractivity contribution in [1.29, 1.82) is 0 Å². The van der Waals surface area contributed by atoms with Gasteiger partial charge in [0.05, 0.1) is 186 Å². The highest BCUT2D eigenvalue weighted by Gasteiger charge is 2.60. The van der Waals surface area contributed by atoms with E-state index in [9.17, 15) is 33.6 Å². The van der Waals surface area contributed by atoms with Crippen LogP contribution in [0, 0.1) is 77.9 Å². The van der Waals surface area contributed by atoms with Crippen molar-refractivity contribution in [3.8, 4) is 24.7 Å². The highest BCUT2D eigenvalue weighted by atomic mass is 16.6. The fourth-order valence-corrected chi connectivity index (χ4v) is 13.5. The van der Waals surface area contributed by atoms with E-state index in [-0.39, 0.29) is 121 Å². The minimum Gasteiger partial charge on any atom is -0.458 e. The lowest BCUT2D eigenvalue weighted by atomic mass is 9.85. The number of aliphatic hydroxyl groups is 2. The van der Waals surface area contributed by atoms with Gasteiger partial charge < -0.3 is 62.9 Å². The molecule has 4 aliphatic carbocycles. The number of nitrogens with one attached hydrogen (secondary N) is 1. The molecule has 11 atom stereocenters. The summed E-state index contributed by atoms with van der Waals surface area (Å²) in [6.07, 6.45) is 33.4. The molecule has 3 aliphatic heterocycles. The van der Waals surface area contributed by atoms with E-state index >= 15 is 0 Å². The lowest BCUT2D eigenvalue weighted by Crippen LogP contribution is -2.34. The SMILES string of the molecule is C#CCCC(=O)CCCN1C(=O)C2C3C=CC(C3)C2C1=O.C#CCOC[C@@H](Cn1cc(CCC[C@H]2CO2)nn1)OC(C)=O.CC.C[C@@H](COCc1cn(CCOCCOCCOCCO)nn1)Cn1cc(CNC(=O)CCCCCN2C(=O)[C@@H]3[C@H](C2=O)[C@H]2C=C[C@@H]3C2)nn1.[N-]=[N+]=NCCOCCOCCOCCO. The minimum atomic E-state index is -0.430. The molecule has 3 N–H and O–H groups in total. The fourth-order valence-electron chi connectivity index (χ4n) is 13.5. The molecule has 4 bridgehead atoms. The molecule has 3 saturated heterocycles. The van der Waals surface area contributed by atoms with Crippen LogP contribution in [0.25, 0.3) is 10.4 Å². The lowest BCUT2D eigenvalue weighted by molar-refractivity contribution is -0.150. The van der Waals surface area contributed by atoms with E-state index in [4.69, 9.17) is 76.0 Å². The zero-order valence-corrected chi connectivity index (χ0v) is 63.7. The first-order valence-electron chi connectivity index (χ1n) is 38.2. The van der Waals surface area contributed by atoms with Crippen molar-refractivity contribution >= 4 is 41.3 Å². The van der Waals surface area contributed by atoms with E-state index in [1.165, 1.54) is 16.7 Å². The molecule has 7 aliphatic rings. The summed E-state index contributed by atoms with van der Waals surface area (Å²) in [6.45, 7) is 18.0. The number of likely N-dealkylation sites (tertiary alicyclic amines) is 2. The molecule has 602 valence electrons. The maximum Gasteiger partial charge on any atom is 0.303 e. The van der Waals surface area contributed by atoms with Gasteiger partial charge in [0, 0.05) is 69.9 Å². The van der Waals surface area contributed by atoms with Gasteiger partial charge in [0.25, 0.3) is 0 Å². The van der Waals surface area contributed by atoms with Crippen LogP contribution in [-0.2, 0) is 120 Å². The van der Waals surface area contributed by atoms with E-state index in [1.807, 2.05) is 32.4 Å². The Hall–Kier alpha value is -8.22. The van der Waals surface area contributed by atoms with Crippen LogP contribution < -0.4 is 5.32 Å². The number of esters is 1. The minimum absolute atomic E-state index is 0.00300. The normalized spacial score (nSPS) is 21.0. The van der Waals surface area contributed by atoms with Gasteiger partial charge in [-0.05, 0) is 86.5 Å². The average molecular weight is 1530 g/mol. The molecular weight excluding hydrogens is 1410 g/mol. The van der Waals surface area contributed by atoms with Gasteiger partial charge >= 0.3 is 5.97 Å². The van der Waals surface area contributed by atoms with Crippen molar-refractivity contribution in [3.05, 3.63) is 70.4 Å². The van der Waals surface area contributed by atoms with Gasteiger partial charge in [0.1, 0.15) is 29.9 Å². The monoisotopic (exact) mass is 1530 g/mol. The standard InChI is InChI=1S/C33H50N8O8.C17H19NO3.C15H21N3O4.C8H17N3O4.C2H6/c1-24(22-49-23-28-21-39(37-36-28)9-11-46-13-15-48-16-14-47-12-10-42)19-40-20-27(35-38-40)18-34-29(43)5-3-2-4-8-41-32(44)30-25-6-7-26(17-25)31(30)33(41)45;1-2-3-5-13(19)6-4-9-18-16(20)14-11-7-8-12(10-11)15(14)17(18)21;1-3-7-20-10-15(22-12(2)19)9-18-8-13(16-17-18)5-4-6-14-11-21-14;9-11-10-1-3-13-5-7-15-8-6-14-4-2-12;1-2/h6-7,20-21,24-26,30-31,42H,2-5,8-19,22-23H2,1H3,(H,34,43);1,7-8,11-12,14-15H,3-6,9-10H2;1,8,14-15H,4-7,9-11H2,2H3;12H,1-8H2;1-2H3/t24-,25-,26+,30+,31-;;14-,15+;;/m1.0../s1. The van der Waals surface area contributed by atoms with Crippen molar-refractivity contribution < 1.29 is 91.1 Å². The molecule has 0 radical (unpaired) electrons. The maximum absolute atomic E-state index is 12.8. The molecule has 5 amide bonds. The van der Waals surface area contributed by atoms with Gasteiger partial charge in [-0.3, -0.25) is 48.0 Å². The van der Waals surface area contributed by atoms with Gasteiger partial charge in [-0.15, -0.1) is 34.1 Å². The van der Waals surface area contributed by atoms with Crippen molar-refractivity contribution in [1.82, 2.24) is 60.1 Å². The molecule has 2 saturated carbocycles. The Kier molecular flexibility index (Phi) is 42.8. The molecule has 0 spiro atoms. The van der Waals surface area contributed by atoms with Crippen LogP contribution in [0.2, 0.25) is 0 Å². The Morgan fingerprint density at radius 1 is 0.615 bits per heavy atom. The molecule has 10 rings (SSSR count). The number of allylic oxidation sites excluding steroid dienone is 4. The summed E-state index contributed by atoms with van der Waals surface area (Å²) >= 11 is 0. The van der Waals surface area contributed by atoms with Crippen molar-refractivity contribution in [2.75, 3.05) is 139 Å². The number of amides is 5. The third-order valence-corrected chi connectivity index (χ3v) is 18.6. The molecule has 4 unspecified atom stereocenters. The number of nitrogens with zero attached hydrogens (tertiary/aromatic N) is 14. The molecule has 34 heteroatoms. The summed E-state index contributed by atoms with van der Waals surface area (Å²) in [5.41, 5.74) is 10.3. The predicted octanol–water partition coefficient (Wildman–Crippen LogP) is 4.25. The van der Waals surface area contributed by atoms with E-state index in [0.29, 0.717) is 195 Å². The Bertz CT molecular complexity index is 3350. The van der Waals surface area contributed by atoms with Crippen LogP contribution in [0.3, 0.4) is 0 Å². The highest BCUT2D eigenvalue weighted by molar-refractivity contribution is 6.07. The number of carbonyl (C=O) groups is 7. The van der Waals surface area contributed by atoms with E-state index in [1.54, 1.807) is 14.0 Å². The van der Waals surface area contributed by atoms with Crippen molar-refractivity contribution in [3.63, 3.8) is 0 Å². The van der Waals surface area contributed by atoms with Gasteiger partial charge in [-0.1, -0.05) is 78.2 Å². The van der Waals surface area contributed by atoms with Crippen LogP contribution in [0.5, 0.6) is 0 Å². The lowest BCUT2D eigenvalue weighted by Gasteiger charge is -2.16. The second-order valence-corrected chi connectivity index (χ2v) is 26.9. The van der Waals surface area contributed by atoms with E-state index < -0.39 is 6.10 Å². The zero-order chi connectivity index (χ0) is 78.4. The smallest absolute Gasteiger partial charge is 0.303 e. The molecule has 3 aromatic heterocycles. The summed E-state index contributed by atoms with van der Waals surface area (Å²) in [6, 6.07) is 0. The summed E-state index contributed by atoms with van der Waals surface area (Å²) < 4.78 is 57.8. The van der Waals surface area contributed by atoms with Gasteiger partial charge in [-0.2, -0.15) is 0 Å². The number of Topliss-reactive ketones (excluding diaryl/α,β-unsaturated/α-hetero) is 1. The summed E-state index contributed by atoms with van der Waals surface area (Å²) in [5.74, 6) is 5.01. The van der Waals surface area contributed by atoms with Gasteiger partial charge in [0.2, 0.25) is 29.5 Å². The number of hydrogen-bond acceptors (Lipinski definition) is 26. The van der Waals surface area contributed by atoms with Gasteiger partial charge in [0.15, 0.2) is 0 Å². The molecule has 3 aromatic rings. The highest BCUT2D eigenvalue weighted by Crippen LogP contribution is 2.53. The Morgan fingerprint density at radius 3 is 1.68 bits per heavy atom. The maximum atomic E-state index is 12.8. The number of aryl methyl sites for hydroxylation is 1. The number of ketones is 1.